The fraction of sp³-hybridized carbons (Fsp3) is 0.222. The Kier molecular flexibility index (Phi) is 4.35. The molecule has 3 N–H and O–H groups in total. The Morgan fingerprint density at radius 3 is 2.71 bits per heavy atom. The van der Waals surface area contributed by atoms with Gasteiger partial charge in [0.15, 0.2) is 6.61 Å². The summed E-state index contributed by atoms with van der Waals surface area (Å²) in [6.07, 6.45) is -4.50. The van der Waals surface area contributed by atoms with Crippen LogP contribution >= 0.6 is 15.9 Å². The Bertz CT molecular complexity index is 423. The summed E-state index contributed by atoms with van der Waals surface area (Å²) in [4.78, 5) is 15.4. The quantitative estimate of drug-likeness (QED) is 0.664. The van der Waals surface area contributed by atoms with Gasteiger partial charge >= 0.3 is 6.18 Å². The van der Waals surface area contributed by atoms with Crippen LogP contribution < -0.4 is 11.2 Å². The van der Waals surface area contributed by atoms with Crippen molar-refractivity contribution in [2.24, 2.45) is 0 Å². The Morgan fingerprint density at radius 1 is 1.47 bits per heavy atom. The van der Waals surface area contributed by atoms with Gasteiger partial charge in [0.25, 0.3) is 5.91 Å². The van der Waals surface area contributed by atoms with Crippen LogP contribution in [0.25, 0.3) is 0 Å². The van der Waals surface area contributed by atoms with Gasteiger partial charge in [-0.1, -0.05) is 0 Å². The largest absolute Gasteiger partial charge is 0.414 e. The Labute approximate surface area is 103 Å². The van der Waals surface area contributed by atoms with E-state index in [2.05, 4.69) is 20.8 Å². The first-order valence-electron chi connectivity index (χ1n) is 4.33. The van der Waals surface area contributed by atoms with Crippen molar-refractivity contribution >= 4 is 27.5 Å². The van der Waals surface area contributed by atoms with Crippen molar-refractivity contribution in [1.82, 2.24) is 5.48 Å². The number of halogens is 4. The van der Waals surface area contributed by atoms with Crippen molar-refractivity contribution in [3.05, 3.63) is 28.2 Å². The number of nitrogen functional groups attached to an aromatic ring is 1. The molecular weight excluding hydrogens is 305 g/mol. The van der Waals surface area contributed by atoms with E-state index in [4.69, 9.17) is 5.73 Å². The van der Waals surface area contributed by atoms with E-state index < -0.39 is 18.7 Å². The van der Waals surface area contributed by atoms with E-state index in [-0.39, 0.29) is 5.56 Å². The molecule has 0 heterocycles. The molecule has 0 unspecified atom stereocenters. The molecule has 17 heavy (non-hydrogen) atoms. The summed E-state index contributed by atoms with van der Waals surface area (Å²) >= 11 is 3.07. The Morgan fingerprint density at radius 2 is 2.12 bits per heavy atom. The van der Waals surface area contributed by atoms with Crippen molar-refractivity contribution in [2.45, 2.75) is 6.18 Å². The Balaban J connectivity index is 2.61. The molecule has 0 spiro atoms. The van der Waals surface area contributed by atoms with Gasteiger partial charge in [-0.25, -0.2) is 5.48 Å². The summed E-state index contributed by atoms with van der Waals surface area (Å²) < 4.78 is 35.6. The molecule has 4 nitrogen and oxygen atoms in total. The minimum atomic E-state index is -4.50. The summed E-state index contributed by atoms with van der Waals surface area (Å²) in [5.74, 6) is -0.812. The van der Waals surface area contributed by atoms with Gasteiger partial charge in [-0.05, 0) is 34.1 Å². The number of alkyl halides is 3. The number of rotatable bonds is 3. The van der Waals surface area contributed by atoms with Gasteiger partial charge in [0.05, 0.1) is 5.56 Å². The molecule has 1 rings (SSSR count). The highest BCUT2D eigenvalue weighted by atomic mass is 79.9. The highest BCUT2D eigenvalue weighted by Crippen LogP contribution is 2.19. The maximum atomic E-state index is 11.7. The van der Waals surface area contributed by atoms with Gasteiger partial charge in [-0.15, -0.1) is 0 Å². The zero-order valence-electron chi connectivity index (χ0n) is 8.34. The molecule has 1 amide bonds. The number of hydrogen-bond donors (Lipinski definition) is 2. The summed E-state index contributed by atoms with van der Waals surface area (Å²) in [5.41, 5.74) is 7.52. The second kappa shape index (κ2) is 5.37. The van der Waals surface area contributed by atoms with Gasteiger partial charge in [-0.2, -0.15) is 13.2 Å². The smallest absolute Gasteiger partial charge is 0.399 e. The van der Waals surface area contributed by atoms with Crippen LogP contribution in [0.4, 0.5) is 18.9 Å². The van der Waals surface area contributed by atoms with Gasteiger partial charge in [0.1, 0.15) is 0 Å². The lowest BCUT2D eigenvalue weighted by atomic mass is 10.2. The lowest BCUT2D eigenvalue weighted by Gasteiger charge is -2.09. The van der Waals surface area contributed by atoms with Crippen molar-refractivity contribution in [3.63, 3.8) is 0 Å². The van der Waals surface area contributed by atoms with Crippen molar-refractivity contribution in [1.29, 1.82) is 0 Å². The lowest BCUT2D eigenvalue weighted by Crippen LogP contribution is -2.29. The normalized spacial score (nSPS) is 11.3. The van der Waals surface area contributed by atoms with Gasteiger partial charge in [-0.3, -0.25) is 9.63 Å². The van der Waals surface area contributed by atoms with E-state index in [1.54, 1.807) is 5.48 Å². The topological polar surface area (TPSA) is 64.4 Å². The third-order valence-electron chi connectivity index (χ3n) is 1.64. The summed E-state index contributed by atoms with van der Waals surface area (Å²) in [7, 11) is 0. The first-order chi connectivity index (χ1) is 7.79. The monoisotopic (exact) mass is 312 g/mol. The molecule has 0 fully saturated rings. The maximum Gasteiger partial charge on any atom is 0.414 e. The second-order valence-electron chi connectivity index (χ2n) is 3.07. The van der Waals surface area contributed by atoms with Gasteiger partial charge < -0.3 is 5.73 Å². The molecule has 1 aromatic rings. The average molecular weight is 313 g/mol. The molecule has 8 heteroatoms. The summed E-state index contributed by atoms with van der Waals surface area (Å²) in [5, 5.41) is 0. The average Bonchev–Trinajstić information content (AvgIpc) is 2.19. The molecule has 0 aliphatic heterocycles. The minimum absolute atomic E-state index is 0.0900. The van der Waals surface area contributed by atoms with Crippen LogP contribution in [0.3, 0.4) is 0 Å². The van der Waals surface area contributed by atoms with Crippen LogP contribution in [0.5, 0.6) is 0 Å². The van der Waals surface area contributed by atoms with E-state index in [0.717, 1.165) is 0 Å². The highest BCUT2D eigenvalue weighted by Gasteiger charge is 2.28. The zero-order valence-corrected chi connectivity index (χ0v) is 9.93. The van der Waals surface area contributed by atoms with Crippen molar-refractivity contribution in [3.8, 4) is 0 Å². The Hall–Kier alpha value is -1.28. The first-order valence-corrected chi connectivity index (χ1v) is 5.13. The highest BCUT2D eigenvalue weighted by molar-refractivity contribution is 9.10. The molecule has 0 aliphatic rings. The SMILES string of the molecule is Nc1ccc(Br)c(C(=O)NOCC(F)(F)F)c1. The number of nitrogens with one attached hydrogen (secondary N) is 1. The standard InChI is InChI=1S/C9H8BrF3N2O2/c10-7-2-1-5(14)3-6(7)8(16)15-17-4-9(11,12)13/h1-3H,4,14H2,(H,15,16). The van der Waals surface area contributed by atoms with Crippen LogP contribution in [-0.2, 0) is 4.84 Å². The molecule has 0 radical (unpaired) electrons. The van der Waals surface area contributed by atoms with E-state index in [1.165, 1.54) is 18.2 Å². The molecular formula is C9H8BrF3N2O2. The predicted octanol–water partition coefficient (Wildman–Crippen LogP) is 2.26. The number of anilines is 1. The van der Waals surface area contributed by atoms with Gasteiger partial charge in [0.2, 0.25) is 0 Å². The van der Waals surface area contributed by atoms with Crippen LogP contribution in [0.1, 0.15) is 10.4 Å². The van der Waals surface area contributed by atoms with Crippen LogP contribution in [0, 0.1) is 0 Å². The summed E-state index contributed by atoms with van der Waals surface area (Å²) in [6.45, 7) is -1.56. The maximum absolute atomic E-state index is 11.7. The number of nitrogens with two attached hydrogens (primary N) is 1. The first kappa shape index (κ1) is 13.8. The number of benzene rings is 1. The molecule has 0 saturated heterocycles. The molecule has 0 aromatic heterocycles. The molecule has 1 aromatic carbocycles. The second-order valence-corrected chi connectivity index (χ2v) is 3.93. The van der Waals surface area contributed by atoms with Crippen LogP contribution in [-0.4, -0.2) is 18.7 Å². The minimum Gasteiger partial charge on any atom is -0.399 e. The molecule has 0 bridgehead atoms. The van der Waals surface area contributed by atoms with E-state index in [0.29, 0.717) is 10.2 Å². The number of carbonyl (C=O) groups excluding carboxylic acids is 1. The molecule has 0 atom stereocenters. The third kappa shape index (κ3) is 4.61. The number of hydroxylamine groups is 1. The zero-order chi connectivity index (χ0) is 13.1. The number of amides is 1. The van der Waals surface area contributed by atoms with E-state index >= 15 is 0 Å². The number of carbonyl (C=O) groups is 1. The predicted molar refractivity (Wildman–Crippen MR) is 58.0 cm³/mol. The van der Waals surface area contributed by atoms with Gasteiger partial charge in [0, 0.05) is 10.2 Å². The third-order valence-corrected chi connectivity index (χ3v) is 2.33. The lowest BCUT2D eigenvalue weighted by molar-refractivity contribution is -0.184. The van der Waals surface area contributed by atoms with Crippen molar-refractivity contribution < 1.29 is 22.8 Å². The van der Waals surface area contributed by atoms with Crippen LogP contribution in [0.2, 0.25) is 0 Å². The van der Waals surface area contributed by atoms with Crippen molar-refractivity contribution in [2.75, 3.05) is 12.3 Å². The molecule has 94 valence electrons. The molecule has 0 aliphatic carbocycles. The van der Waals surface area contributed by atoms with Crippen LogP contribution in [0.15, 0.2) is 22.7 Å². The number of hydrogen-bond acceptors (Lipinski definition) is 3. The van der Waals surface area contributed by atoms with E-state index in [9.17, 15) is 18.0 Å². The summed E-state index contributed by atoms with van der Waals surface area (Å²) in [6, 6.07) is 4.36. The molecule has 0 saturated carbocycles. The fourth-order valence-corrected chi connectivity index (χ4v) is 1.38. The fourth-order valence-electron chi connectivity index (χ4n) is 0.955. The van der Waals surface area contributed by atoms with E-state index in [1.807, 2.05) is 0 Å².